The quantitative estimate of drug-likeness (QED) is 0.682. The first-order valence-electron chi connectivity index (χ1n) is 5.01. The molecule has 2 fully saturated rings. The lowest BCUT2D eigenvalue weighted by molar-refractivity contribution is 0.381. The number of hydrogen-bond donors (Lipinski definition) is 1. The Balaban J connectivity index is 2.25. The second kappa shape index (κ2) is 2.95. The van der Waals surface area contributed by atoms with Gasteiger partial charge in [0.25, 0.3) is 0 Å². The highest BCUT2D eigenvalue weighted by atomic mass is 32.2. The molecule has 0 bridgehead atoms. The van der Waals surface area contributed by atoms with Gasteiger partial charge in [0.2, 0.25) is 0 Å². The van der Waals surface area contributed by atoms with E-state index in [4.69, 9.17) is 0 Å². The van der Waals surface area contributed by atoms with E-state index in [-0.39, 0.29) is 10.8 Å². The summed E-state index contributed by atoms with van der Waals surface area (Å²) >= 11 is 0. The van der Waals surface area contributed by atoms with Gasteiger partial charge in [-0.05, 0) is 39.2 Å². The highest BCUT2D eigenvalue weighted by Gasteiger charge is 2.46. The van der Waals surface area contributed by atoms with E-state index < -0.39 is 9.84 Å². The molecule has 4 heteroatoms. The minimum Gasteiger partial charge on any atom is -0.310 e. The molecule has 2 aliphatic rings. The number of hydrogen-bond acceptors (Lipinski definition) is 3. The predicted octanol–water partition coefficient (Wildman–Crippen LogP) is 0.706. The third-order valence-electron chi connectivity index (χ3n) is 3.44. The maximum atomic E-state index is 11.7. The zero-order valence-corrected chi connectivity index (χ0v) is 8.86. The van der Waals surface area contributed by atoms with Crippen LogP contribution in [0.2, 0.25) is 0 Å². The maximum absolute atomic E-state index is 11.7. The SMILES string of the molecule is CC1(C2CCCS2(=O)=O)CCCN1. The van der Waals surface area contributed by atoms with Gasteiger partial charge in [0.15, 0.2) is 9.84 Å². The molecule has 2 heterocycles. The summed E-state index contributed by atoms with van der Waals surface area (Å²) in [5.41, 5.74) is -0.130. The van der Waals surface area contributed by atoms with Crippen LogP contribution in [-0.2, 0) is 9.84 Å². The fourth-order valence-corrected chi connectivity index (χ4v) is 5.07. The van der Waals surface area contributed by atoms with Crippen molar-refractivity contribution >= 4 is 9.84 Å². The largest absolute Gasteiger partial charge is 0.310 e. The topological polar surface area (TPSA) is 46.2 Å². The number of nitrogens with one attached hydrogen (secondary N) is 1. The van der Waals surface area contributed by atoms with Crippen molar-refractivity contribution in [3.05, 3.63) is 0 Å². The molecule has 0 aromatic carbocycles. The Hall–Kier alpha value is -0.0900. The minimum absolute atomic E-state index is 0.123. The van der Waals surface area contributed by atoms with E-state index in [9.17, 15) is 8.42 Å². The molecule has 0 saturated carbocycles. The second-order valence-electron chi connectivity index (χ2n) is 4.45. The molecule has 2 aliphatic heterocycles. The molecule has 2 atom stereocenters. The average molecular weight is 203 g/mol. The molecule has 0 aromatic heterocycles. The molecule has 3 nitrogen and oxygen atoms in total. The van der Waals surface area contributed by atoms with Gasteiger partial charge in [0, 0.05) is 5.54 Å². The molecular weight excluding hydrogens is 186 g/mol. The molecule has 0 aromatic rings. The van der Waals surface area contributed by atoms with Crippen molar-refractivity contribution in [2.45, 2.75) is 43.4 Å². The van der Waals surface area contributed by atoms with Gasteiger partial charge in [0.1, 0.15) is 0 Å². The van der Waals surface area contributed by atoms with Crippen molar-refractivity contribution in [2.24, 2.45) is 0 Å². The van der Waals surface area contributed by atoms with Gasteiger partial charge < -0.3 is 5.32 Å². The Bertz CT molecular complexity index is 291. The average Bonchev–Trinajstić information content (AvgIpc) is 2.57. The van der Waals surface area contributed by atoms with Gasteiger partial charge >= 0.3 is 0 Å². The second-order valence-corrected chi connectivity index (χ2v) is 6.75. The molecule has 0 aliphatic carbocycles. The summed E-state index contributed by atoms with van der Waals surface area (Å²) in [5.74, 6) is 0.398. The van der Waals surface area contributed by atoms with E-state index in [1.165, 1.54) is 0 Å². The molecule has 0 spiro atoms. The molecule has 2 saturated heterocycles. The van der Waals surface area contributed by atoms with E-state index >= 15 is 0 Å². The fourth-order valence-electron chi connectivity index (χ4n) is 2.70. The van der Waals surface area contributed by atoms with Gasteiger partial charge in [-0.25, -0.2) is 8.42 Å². The summed E-state index contributed by atoms with van der Waals surface area (Å²) in [6, 6.07) is 0. The van der Waals surface area contributed by atoms with Crippen LogP contribution >= 0.6 is 0 Å². The van der Waals surface area contributed by atoms with Crippen molar-refractivity contribution in [2.75, 3.05) is 12.3 Å². The van der Waals surface area contributed by atoms with Crippen molar-refractivity contribution in [1.82, 2.24) is 5.32 Å². The van der Waals surface area contributed by atoms with E-state index in [2.05, 4.69) is 12.2 Å². The maximum Gasteiger partial charge on any atom is 0.154 e. The van der Waals surface area contributed by atoms with Gasteiger partial charge in [-0.2, -0.15) is 0 Å². The Morgan fingerprint density at radius 1 is 1.38 bits per heavy atom. The van der Waals surface area contributed by atoms with Crippen molar-refractivity contribution in [3.8, 4) is 0 Å². The third kappa shape index (κ3) is 1.50. The fraction of sp³-hybridized carbons (Fsp3) is 1.00. The molecule has 0 amide bonds. The summed E-state index contributed by atoms with van der Waals surface area (Å²) in [5, 5.41) is 3.23. The zero-order valence-electron chi connectivity index (χ0n) is 8.04. The highest BCUT2D eigenvalue weighted by Crippen LogP contribution is 2.34. The molecule has 1 N–H and O–H groups in total. The van der Waals surface area contributed by atoms with Crippen LogP contribution in [0.25, 0.3) is 0 Å². The Morgan fingerprint density at radius 2 is 2.15 bits per heavy atom. The van der Waals surface area contributed by atoms with Crippen LogP contribution in [0, 0.1) is 0 Å². The van der Waals surface area contributed by atoms with Crippen LogP contribution in [0.4, 0.5) is 0 Å². The molecule has 76 valence electrons. The van der Waals surface area contributed by atoms with E-state index in [0.29, 0.717) is 5.75 Å². The zero-order chi connectivity index (χ0) is 9.53. The summed E-state index contributed by atoms with van der Waals surface area (Å²) in [7, 11) is -2.79. The van der Waals surface area contributed by atoms with Crippen molar-refractivity contribution in [3.63, 3.8) is 0 Å². The Kier molecular flexibility index (Phi) is 2.15. The van der Waals surface area contributed by atoms with Crippen LogP contribution in [0.3, 0.4) is 0 Å². The first-order valence-corrected chi connectivity index (χ1v) is 6.73. The highest BCUT2D eigenvalue weighted by molar-refractivity contribution is 7.92. The van der Waals surface area contributed by atoms with Crippen molar-refractivity contribution < 1.29 is 8.42 Å². The summed E-state index contributed by atoms with van der Waals surface area (Å²) in [6.07, 6.45) is 3.83. The van der Waals surface area contributed by atoms with Gasteiger partial charge in [-0.15, -0.1) is 0 Å². The molecular formula is C9H17NO2S. The number of sulfone groups is 1. The summed E-state index contributed by atoms with van der Waals surface area (Å²) in [6.45, 7) is 3.04. The van der Waals surface area contributed by atoms with Crippen LogP contribution in [-0.4, -0.2) is 31.5 Å². The predicted molar refractivity (Wildman–Crippen MR) is 52.5 cm³/mol. The Morgan fingerprint density at radius 3 is 2.62 bits per heavy atom. The standard InChI is InChI=1S/C9H17NO2S/c1-9(5-3-6-10-9)8-4-2-7-13(8,11)12/h8,10H,2-7H2,1H3. The normalized spacial score (nSPS) is 43.9. The van der Waals surface area contributed by atoms with Crippen LogP contribution in [0.5, 0.6) is 0 Å². The van der Waals surface area contributed by atoms with Gasteiger partial charge in [-0.1, -0.05) is 0 Å². The van der Waals surface area contributed by atoms with Gasteiger partial charge in [-0.3, -0.25) is 0 Å². The van der Waals surface area contributed by atoms with Crippen LogP contribution in [0.15, 0.2) is 0 Å². The summed E-state index contributed by atoms with van der Waals surface area (Å²) < 4.78 is 23.4. The lowest BCUT2D eigenvalue weighted by Crippen LogP contribution is -2.49. The van der Waals surface area contributed by atoms with E-state index in [0.717, 1.165) is 32.2 Å². The van der Waals surface area contributed by atoms with Crippen molar-refractivity contribution in [1.29, 1.82) is 0 Å². The lowest BCUT2D eigenvalue weighted by atomic mass is 9.93. The van der Waals surface area contributed by atoms with Crippen LogP contribution in [0.1, 0.15) is 32.6 Å². The third-order valence-corrected chi connectivity index (χ3v) is 5.92. The smallest absolute Gasteiger partial charge is 0.154 e. The molecule has 13 heavy (non-hydrogen) atoms. The number of rotatable bonds is 1. The Labute approximate surface area is 79.8 Å². The first-order chi connectivity index (χ1) is 6.05. The summed E-state index contributed by atoms with van der Waals surface area (Å²) in [4.78, 5) is 0. The molecule has 2 rings (SSSR count). The molecule has 0 radical (unpaired) electrons. The first kappa shape index (κ1) is 9.46. The monoisotopic (exact) mass is 203 g/mol. The van der Waals surface area contributed by atoms with Gasteiger partial charge in [0.05, 0.1) is 11.0 Å². The molecule has 2 unspecified atom stereocenters. The lowest BCUT2D eigenvalue weighted by Gasteiger charge is -2.30. The minimum atomic E-state index is -2.79. The van der Waals surface area contributed by atoms with E-state index in [1.54, 1.807) is 0 Å². The van der Waals surface area contributed by atoms with Crippen LogP contribution < -0.4 is 5.32 Å². The van der Waals surface area contributed by atoms with E-state index in [1.807, 2.05) is 0 Å².